The van der Waals surface area contributed by atoms with E-state index in [1.54, 1.807) is 10.4 Å². The largest absolute Gasteiger partial charge is 0.356 e. The Labute approximate surface area is 157 Å². The Hall–Kier alpha value is -2.21. The van der Waals surface area contributed by atoms with E-state index in [0.717, 1.165) is 29.8 Å². The molecule has 5 nitrogen and oxygen atoms in total. The summed E-state index contributed by atoms with van der Waals surface area (Å²) in [5.41, 5.74) is 3.23. The molecule has 2 heterocycles. The molecule has 1 aromatic carbocycles. The molecule has 1 atom stereocenters. The number of likely N-dealkylation sites (tertiary alicyclic amines) is 1. The zero-order valence-electron chi connectivity index (χ0n) is 14.7. The van der Waals surface area contributed by atoms with Crippen LogP contribution in [-0.2, 0) is 4.79 Å². The van der Waals surface area contributed by atoms with Gasteiger partial charge in [0, 0.05) is 19.6 Å². The lowest BCUT2D eigenvalue weighted by Gasteiger charge is -2.31. The third-order valence-corrected chi connectivity index (χ3v) is 6.02. The van der Waals surface area contributed by atoms with E-state index < -0.39 is 0 Å². The molecule has 1 aliphatic heterocycles. The number of carbonyl (C=O) groups excluding carboxylic acids is 2. The van der Waals surface area contributed by atoms with E-state index in [9.17, 15) is 9.59 Å². The van der Waals surface area contributed by atoms with Crippen LogP contribution < -0.4 is 5.32 Å². The molecular weight excluding hydrogens is 346 g/mol. The Bertz CT molecular complexity index is 785. The Balaban J connectivity index is 1.44. The van der Waals surface area contributed by atoms with Gasteiger partial charge in [-0.2, -0.15) is 0 Å². The average Bonchev–Trinajstić information content (AvgIpc) is 3.40. The second-order valence-corrected chi connectivity index (χ2v) is 8.03. The van der Waals surface area contributed by atoms with Gasteiger partial charge in [-0.15, -0.1) is 11.3 Å². The standard InChI is InChI=1S/C20H23N3O2S/c24-19(21-11-14-8-9-14)16-7-4-10-23(12-16)20(25)17-18(26-13-22-17)15-5-2-1-3-6-15/h1-3,5-6,13-14,16H,4,7-12H2,(H,21,24). The second kappa shape index (κ2) is 7.58. The second-order valence-electron chi connectivity index (χ2n) is 7.17. The molecule has 2 amide bonds. The highest BCUT2D eigenvalue weighted by Gasteiger charge is 2.31. The number of hydrogen-bond acceptors (Lipinski definition) is 4. The zero-order valence-corrected chi connectivity index (χ0v) is 15.5. The predicted octanol–water partition coefficient (Wildman–Crippen LogP) is 3.19. The van der Waals surface area contributed by atoms with Crippen molar-refractivity contribution in [1.82, 2.24) is 15.2 Å². The van der Waals surface area contributed by atoms with Crippen molar-refractivity contribution >= 4 is 23.2 Å². The van der Waals surface area contributed by atoms with Crippen LogP contribution in [0.5, 0.6) is 0 Å². The first-order chi connectivity index (χ1) is 12.7. The first-order valence-electron chi connectivity index (χ1n) is 9.28. The van der Waals surface area contributed by atoms with Gasteiger partial charge in [-0.3, -0.25) is 9.59 Å². The molecule has 1 aromatic heterocycles. The van der Waals surface area contributed by atoms with Crippen LogP contribution in [0.15, 0.2) is 35.8 Å². The van der Waals surface area contributed by atoms with Crippen molar-refractivity contribution in [2.75, 3.05) is 19.6 Å². The van der Waals surface area contributed by atoms with Crippen molar-refractivity contribution in [3.63, 3.8) is 0 Å². The molecule has 136 valence electrons. The van der Waals surface area contributed by atoms with E-state index in [-0.39, 0.29) is 17.7 Å². The highest BCUT2D eigenvalue weighted by molar-refractivity contribution is 7.13. The van der Waals surface area contributed by atoms with Crippen molar-refractivity contribution in [3.8, 4) is 10.4 Å². The normalized spacial score (nSPS) is 20.0. The number of piperidine rings is 1. The molecule has 1 unspecified atom stereocenters. The Kier molecular flexibility index (Phi) is 5.02. The van der Waals surface area contributed by atoms with Crippen molar-refractivity contribution < 1.29 is 9.59 Å². The van der Waals surface area contributed by atoms with Crippen LogP contribution in [-0.4, -0.2) is 41.3 Å². The molecule has 4 rings (SSSR count). The minimum absolute atomic E-state index is 0.0650. The van der Waals surface area contributed by atoms with Gasteiger partial charge in [-0.1, -0.05) is 30.3 Å². The fourth-order valence-electron chi connectivity index (χ4n) is 3.43. The first kappa shape index (κ1) is 17.2. The van der Waals surface area contributed by atoms with Gasteiger partial charge < -0.3 is 10.2 Å². The molecule has 0 bridgehead atoms. The third kappa shape index (κ3) is 3.80. The number of rotatable bonds is 5. The maximum absolute atomic E-state index is 13.0. The highest BCUT2D eigenvalue weighted by atomic mass is 32.1. The number of benzene rings is 1. The molecule has 2 aromatic rings. The lowest BCUT2D eigenvalue weighted by Crippen LogP contribution is -2.46. The maximum Gasteiger partial charge on any atom is 0.274 e. The average molecular weight is 369 g/mol. The lowest BCUT2D eigenvalue weighted by atomic mass is 9.96. The number of nitrogens with one attached hydrogen (secondary N) is 1. The molecular formula is C20H23N3O2S. The zero-order chi connectivity index (χ0) is 17.9. The predicted molar refractivity (Wildman–Crippen MR) is 102 cm³/mol. The van der Waals surface area contributed by atoms with Crippen molar-refractivity contribution in [2.45, 2.75) is 25.7 Å². The molecule has 6 heteroatoms. The highest BCUT2D eigenvalue weighted by Crippen LogP contribution is 2.30. The van der Waals surface area contributed by atoms with Crippen LogP contribution >= 0.6 is 11.3 Å². The van der Waals surface area contributed by atoms with Gasteiger partial charge in [0.05, 0.1) is 16.3 Å². The SMILES string of the molecule is O=C(NCC1CC1)C1CCCN(C(=O)c2ncsc2-c2ccccc2)C1. The van der Waals surface area contributed by atoms with Crippen LogP contribution in [0.3, 0.4) is 0 Å². The minimum atomic E-state index is -0.106. The Morgan fingerprint density at radius 2 is 2.00 bits per heavy atom. The summed E-state index contributed by atoms with van der Waals surface area (Å²) in [5, 5.41) is 3.06. The first-order valence-corrected chi connectivity index (χ1v) is 10.2. The quantitative estimate of drug-likeness (QED) is 0.880. The van der Waals surface area contributed by atoms with Crippen molar-refractivity contribution in [1.29, 1.82) is 0 Å². The summed E-state index contributed by atoms with van der Waals surface area (Å²) in [4.78, 5) is 32.5. The monoisotopic (exact) mass is 369 g/mol. The summed E-state index contributed by atoms with van der Waals surface area (Å²) >= 11 is 1.48. The third-order valence-electron chi connectivity index (χ3n) is 5.15. The van der Waals surface area contributed by atoms with Crippen LogP contribution in [0.4, 0.5) is 0 Å². The van der Waals surface area contributed by atoms with Gasteiger partial charge >= 0.3 is 0 Å². The fourth-order valence-corrected chi connectivity index (χ4v) is 4.22. The van der Waals surface area contributed by atoms with E-state index in [4.69, 9.17) is 0 Å². The Morgan fingerprint density at radius 3 is 2.77 bits per heavy atom. The van der Waals surface area contributed by atoms with Crippen LogP contribution in [0.1, 0.15) is 36.2 Å². The number of aromatic nitrogens is 1. The van der Waals surface area contributed by atoms with Crippen molar-refractivity contribution in [2.24, 2.45) is 11.8 Å². The molecule has 1 N–H and O–H groups in total. The summed E-state index contributed by atoms with van der Waals surface area (Å²) in [6.45, 7) is 1.96. The molecule has 1 saturated carbocycles. The molecule has 0 spiro atoms. The van der Waals surface area contributed by atoms with E-state index in [1.807, 2.05) is 30.3 Å². The summed E-state index contributed by atoms with van der Waals surface area (Å²) in [7, 11) is 0. The van der Waals surface area contributed by atoms with Gasteiger partial charge in [0.1, 0.15) is 5.69 Å². The van der Waals surface area contributed by atoms with Gasteiger partial charge in [-0.05, 0) is 37.2 Å². The smallest absolute Gasteiger partial charge is 0.274 e. The van der Waals surface area contributed by atoms with Gasteiger partial charge in [-0.25, -0.2) is 4.98 Å². The van der Waals surface area contributed by atoms with Gasteiger partial charge in [0.15, 0.2) is 0 Å². The number of thiazole rings is 1. The number of nitrogens with zero attached hydrogens (tertiary/aromatic N) is 2. The summed E-state index contributed by atoms with van der Waals surface area (Å²) < 4.78 is 0. The number of carbonyl (C=O) groups is 2. The Morgan fingerprint density at radius 1 is 1.19 bits per heavy atom. The fraction of sp³-hybridized carbons (Fsp3) is 0.450. The molecule has 1 aliphatic carbocycles. The van der Waals surface area contributed by atoms with Crippen LogP contribution in [0.25, 0.3) is 10.4 Å². The van der Waals surface area contributed by atoms with E-state index in [2.05, 4.69) is 10.3 Å². The topological polar surface area (TPSA) is 62.3 Å². The molecule has 1 saturated heterocycles. The summed E-state index contributed by atoms with van der Waals surface area (Å²) in [6, 6.07) is 9.87. The minimum Gasteiger partial charge on any atom is -0.356 e. The molecule has 26 heavy (non-hydrogen) atoms. The van der Waals surface area contributed by atoms with Crippen LogP contribution in [0.2, 0.25) is 0 Å². The van der Waals surface area contributed by atoms with Gasteiger partial charge in [0.2, 0.25) is 5.91 Å². The van der Waals surface area contributed by atoms with Gasteiger partial charge in [0.25, 0.3) is 5.91 Å². The molecule has 0 radical (unpaired) electrons. The number of amides is 2. The molecule has 2 aliphatic rings. The van der Waals surface area contributed by atoms with E-state index in [1.165, 1.54) is 24.2 Å². The maximum atomic E-state index is 13.0. The number of hydrogen-bond donors (Lipinski definition) is 1. The lowest BCUT2D eigenvalue weighted by molar-refractivity contribution is -0.126. The van der Waals surface area contributed by atoms with E-state index in [0.29, 0.717) is 24.7 Å². The summed E-state index contributed by atoms with van der Waals surface area (Å²) in [5.74, 6) is 0.592. The van der Waals surface area contributed by atoms with Crippen LogP contribution in [0, 0.1) is 11.8 Å². The van der Waals surface area contributed by atoms with E-state index >= 15 is 0 Å². The van der Waals surface area contributed by atoms with Crippen molar-refractivity contribution in [3.05, 3.63) is 41.5 Å². The summed E-state index contributed by atoms with van der Waals surface area (Å²) in [6.07, 6.45) is 4.16. The molecule has 2 fully saturated rings.